The number of benzene rings is 2. The highest BCUT2D eigenvalue weighted by atomic mass is 32.1. The number of ether oxygens (including phenoxy) is 1. The summed E-state index contributed by atoms with van der Waals surface area (Å²) in [5.41, 5.74) is 11.9. The van der Waals surface area contributed by atoms with Crippen LogP contribution in [0.3, 0.4) is 0 Å². The smallest absolute Gasteiger partial charge is 0.194 e. The van der Waals surface area contributed by atoms with Crippen LogP contribution in [-0.2, 0) is 0 Å². The van der Waals surface area contributed by atoms with Crippen molar-refractivity contribution in [1.82, 2.24) is 9.38 Å². The third-order valence-electron chi connectivity index (χ3n) is 4.02. The van der Waals surface area contributed by atoms with Crippen molar-refractivity contribution >= 4 is 22.0 Å². The van der Waals surface area contributed by atoms with Crippen molar-refractivity contribution in [2.24, 2.45) is 0 Å². The first-order valence-corrected chi connectivity index (χ1v) is 8.51. The molecule has 24 heavy (non-hydrogen) atoms. The lowest BCUT2D eigenvalue weighted by Crippen LogP contribution is -1.91. The number of methoxy groups -OCH3 is 1. The second-order valence-electron chi connectivity index (χ2n) is 5.73. The van der Waals surface area contributed by atoms with Crippen LogP contribution in [0.5, 0.6) is 5.75 Å². The Hall–Kier alpha value is -2.79. The van der Waals surface area contributed by atoms with E-state index < -0.39 is 0 Å². The molecule has 0 aliphatic rings. The van der Waals surface area contributed by atoms with Gasteiger partial charge in [-0.3, -0.25) is 4.40 Å². The monoisotopic (exact) mass is 335 g/mol. The molecule has 2 aromatic heterocycles. The van der Waals surface area contributed by atoms with E-state index in [1.54, 1.807) is 18.4 Å². The zero-order valence-corrected chi connectivity index (χ0v) is 14.3. The topological polar surface area (TPSA) is 52.5 Å². The van der Waals surface area contributed by atoms with E-state index in [1.807, 2.05) is 30.3 Å². The average Bonchev–Trinajstić information content (AvgIpc) is 3.15. The van der Waals surface area contributed by atoms with Gasteiger partial charge < -0.3 is 10.5 Å². The molecule has 0 fully saturated rings. The number of aryl methyl sites for hydroxylation is 1. The van der Waals surface area contributed by atoms with Gasteiger partial charge in [0.2, 0.25) is 0 Å². The molecular weight excluding hydrogens is 318 g/mol. The van der Waals surface area contributed by atoms with E-state index in [9.17, 15) is 0 Å². The van der Waals surface area contributed by atoms with E-state index in [4.69, 9.17) is 15.5 Å². The molecule has 0 atom stereocenters. The number of thiazole rings is 1. The van der Waals surface area contributed by atoms with E-state index in [-0.39, 0.29) is 0 Å². The Balaban J connectivity index is 1.88. The molecule has 4 aromatic rings. The van der Waals surface area contributed by atoms with Crippen LogP contribution in [0.1, 0.15) is 5.56 Å². The number of nitrogens with two attached hydrogens (primary N) is 1. The van der Waals surface area contributed by atoms with Gasteiger partial charge in [0, 0.05) is 28.4 Å². The summed E-state index contributed by atoms with van der Waals surface area (Å²) in [7, 11) is 1.70. The summed E-state index contributed by atoms with van der Waals surface area (Å²) in [6, 6.07) is 14.0. The number of hydrogen-bond donors (Lipinski definition) is 1. The van der Waals surface area contributed by atoms with Crippen molar-refractivity contribution in [2.45, 2.75) is 6.92 Å². The Kier molecular flexibility index (Phi) is 3.50. The number of hydrogen-bond acceptors (Lipinski definition) is 4. The van der Waals surface area contributed by atoms with E-state index in [1.165, 1.54) is 5.56 Å². The molecule has 2 N–H and O–H groups in total. The van der Waals surface area contributed by atoms with Gasteiger partial charge in [0.25, 0.3) is 0 Å². The fourth-order valence-electron chi connectivity index (χ4n) is 2.84. The number of anilines is 1. The van der Waals surface area contributed by atoms with Crippen LogP contribution >= 0.6 is 11.3 Å². The lowest BCUT2D eigenvalue weighted by molar-refractivity contribution is 0.416. The van der Waals surface area contributed by atoms with Crippen molar-refractivity contribution in [3.8, 4) is 28.3 Å². The Labute approximate surface area is 144 Å². The SMILES string of the molecule is COc1ccc(C)cc1-c1csc2nc(-c3cccc(N)c3)cn12. The van der Waals surface area contributed by atoms with Gasteiger partial charge in [-0.25, -0.2) is 4.98 Å². The second kappa shape index (κ2) is 5.69. The maximum absolute atomic E-state index is 5.89. The first-order chi connectivity index (χ1) is 11.7. The number of imidazole rings is 1. The summed E-state index contributed by atoms with van der Waals surface area (Å²) in [6.07, 6.45) is 2.05. The van der Waals surface area contributed by atoms with Crippen LogP contribution in [0.2, 0.25) is 0 Å². The van der Waals surface area contributed by atoms with Crippen LogP contribution in [0.4, 0.5) is 5.69 Å². The van der Waals surface area contributed by atoms with Gasteiger partial charge in [-0.15, -0.1) is 11.3 Å². The zero-order valence-electron chi connectivity index (χ0n) is 13.5. The summed E-state index contributed by atoms with van der Waals surface area (Å²) < 4.78 is 7.65. The second-order valence-corrected chi connectivity index (χ2v) is 6.57. The average molecular weight is 335 g/mol. The van der Waals surface area contributed by atoms with E-state index in [0.29, 0.717) is 0 Å². The minimum absolute atomic E-state index is 0.740. The van der Waals surface area contributed by atoms with Gasteiger partial charge in [0.1, 0.15) is 5.75 Å². The molecule has 0 spiro atoms. The molecule has 4 rings (SSSR count). The minimum Gasteiger partial charge on any atom is -0.496 e. The van der Waals surface area contributed by atoms with Crippen molar-refractivity contribution in [3.05, 3.63) is 59.6 Å². The molecule has 2 aromatic carbocycles. The van der Waals surface area contributed by atoms with Gasteiger partial charge in [0.05, 0.1) is 18.5 Å². The fraction of sp³-hybridized carbons (Fsp3) is 0.105. The van der Waals surface area contributed by atoms with Gasteiger partial charge in [-0.2, -0.15) is 0 Å². The summed E-state index contributed by atoms with van der Waals surface area (Å²) in [5, 5.41) is 2.11. The Morgan fingerprint density at radius 2 is 2.04 bits per heavy atom. The molecule has 0 amide bonds. The highest BCUT2D eigenvalue weighted by molar-refractivity contribution is 7.15. The third kappa shape index (κ3) is 2.43. The number of rotatable bonds is 3. The summed E-state index contributed by atoms with van der Waals surface area (Å²) in [6.45, 7) is 2.08. The molecule has 0 aliphatic heterocycles. The third-order valence-corrected chi connectivity index (χ3v) is 4.86. The lowest BCUT2D eigenvalue weighted by Gasteiger charge is -2.08. The number of nitrogen functional groups attached to an aromatic ring is 1. The Bertz CT molecular complexity index is 1030. The highest BCUT2D eigenvalue weighted by Gasteiger charge is 2.14. The fourth-order valence-corrected chi connectivity index (χ4v) is 3.71. The molecule has 4 nitrogen and oxygen atoms in total. The molecular formula is C19H17N3OS. The Morgan fingerprint density at radius 1 is 1.17 bits per heavy atom. The molecule has 2 heterocycles. The van der Waals surface area contributed by atoms with Crippen LogP contribution in [-0.4, -0.2) is 16.5 Å². The number of fused-ring (bicyclic) bond motifs is 1. The molecule has 5 heteroatoms. The largest absolute Gasteiger partial charge is 0.496 e. The quantitative estimate of drug-likeness (QED) is 0.555. The first kappa shape index (κ1) is 14.8. The van der Waals surface area contributed by atoms with E-state index in [0.717, 1.165) is 38.9 Å². The molecule has 0 bridgehead atoms. The van der Waals surface area contributed by atoms with Crippen molar-refractivity contribution in [3.63, 3.8) is 0 Å². The predicted molar refractivity (Wildman–Crippen MR) is 99.6 cm³/mol. The molecule has 0 unspecified atom stereocenters. The standard InChI is InChI=1S/C19H17N3OS/c1-12-6-7-18(23-2)15(8-12)17-11-24-19-21-16(10-22(17)19)13-4-3-5-14(20)9-13/h3-11H,20H2,1-2H3. The van der Waals surface area contributed by atoms with E-state index in [2.05, 4.69) is 35.0 Å². The maximum atomic E-state index is 5.89. The van der Waals surface area contributed by atoms with Gasteiger partial charge >= 0.3 is 0 Å². The van der Waals surface area contributed by atoms with E-state index >= 15 is 0 Å². The van der Waals surface area contributed by atoms with Crippen LogP contribution in [0, 0.1) is 6.92 Å². The predicted octanol–water partition coefficient (Wildman–Crippen LogP) is 4.63. The highest BCUT2D eigenvalue weighted by Crippen LogP contribution is 2.35. The van der Waals surface area contributed by atoms with Crippen molar-refractivity contribution in [1.29, 1.82) is 0 Å². The molecule has 120 valence electrons. The maximum Gasteiger partial charge on any atom is 0.194 e. The molecule has 0 saturated carbocycles. The summed E-state index contributed by atoms with van der Waals surface area (Å²) in [4.78, 5) is 5.68. The number of nitrogens with zero attached hydrogens (tertiary/aromatic N) is 2. The van der Waals surface area contributed by atoms with Crippen molar-refractivity contribution < 1.29 is 4.74 Å². The summed E-state index contributed by atoms with van der Waals surface area (Å²) >= 11 is 1.62. The lowest BCUT2D eigenvalue weighted by atomic mass is 10.1. The normalized spacial score (nSPS) is 11.1. The van der Waals surface area contributed by atoms with Gasteiger partial charge in [0.15, 0.2) is 4.96 Å². The van der Waals surface area contributed by atoms with Gasteiger partial charge in [-0.05, 0) is 31.2 Å². The molecule has 0 aliphatic carbocycles. The number of aromatic nitrogens is 2. The summed E-state index contributed by atoms with van der Waals surface area (Å²) in [5.74, 6) is 0.861. The first-order valence-electron chi connectivity index (χ1n) is 7.63. The molecule has 0 saturated heterocycles. The van der Waals surface area contributed by atoms with Crippen LogP contribution in [0.25, 0.3) is 27.5 Å². The minimum atomic E-state index is 0.740. The van der Waals surface area contributed by atoms with Gasteiger partial charge in [-0.1, -0.05) is 23.8 Å². The van der Waals surface area contributed by atoms with Crippen LogP contribution in [0.15, 0.2) is 54.0 Å². The molecule has 0 radical (unpaired) electrons. The Morgan fingerprint density at radius 3 is 2.83 bits per heavy atom. The zero-order chi connectivity index (χ0) is 16.7. The van der Waals surface area contributed by atoms with Crippen molar-refractivity contribution in [2.75, 3.05) is 12.8 Å². The van der Waals surface area contributed by atoms with Crippen LogP contribution < -0.4 is 10.5 Å².